The average molecular weight is 431 g/mol. The van der Waals surface area contributed by atoms with Gasteiger partial charge in [0.25, 0.3) is 5.56 Å². The zero-order valence-electron chi connectivity index (χ0n) is 15.5. The van der Waals surface area contributed by atoms with Gasteiger partial charge in [0.1, 0.15) is 0 Å². The minimum absolute atomic E-state index is 0.000958. The van der Waals surface area contributed by atoms with Crippen molar-refractivity contribution in [2.75, 3.05) is 6.54 Å². The maximum Gasteiger partial charge on any atom is 0.416 e. The summed E-state index contributed by atoms with van der Waals surface area (Å²) in [6.07, 6.45) is -4.44. The lowest BCUT2D eigenvalue weighted by Crippen LogP contribution is -2.28. The molecule has 1 aromatic heterocycles. The fraction of sp³-hybridized carbons (Fsp3) is 0.190. The molecule has 1 amide bonds. The molecule has 9 heteroatoms. The SMILES string of the molecule is O=C(CCn1c(=S)[nH]c2ccccc2c1=O)NCC#Cc1cccc(C(F)(F)F)c1. The lowest BCUT2D eigenvalue weighted by atomic mass is 10.1. The summed E-state index contributed by atoms with van der Waals surface area (Å²) in [5.74, 6) is 4.84. The highest BCUT2D eigenvalue weighted by Crippen LogP contribution is 2.29. The standard InChI is InChI=1S/C21H16F3N3O2S/c22-21(23,24)15-7-3-5-14(13-15)6-4-11-25-18(28)10-12-27-19(29)16-8-1-2-9-17(16)26-20(27)30/h1-3,5,7-9,13H,10-12H2,(H,25,28)(H,26,30). The summed E-state index contributed by atoms with van der Waals surface area (Å²) >= 11 is 5.19. The van der Waals surface area contributed by atoms with E-state index in [1.807, 2.05) is 0 Å². The number of rotatable bonds is 4. The van der Waals surface area contributed by atoms with Gasteiger partial charge in [-0.05, 0) is 42.5 Å². The largest absolute Gasteiger partial charge is 0.416 e. The molecule has 0 spiro atoms. The molecule has 30 heavy (non-hydrogen) atoms. The zero-order chi connectivity index (χ0) is 21.7. The predicted octanol–water partition coefficient (Wildman–Crippen LogP) is 3.64. The van der Waals surface area contributed by atoms with Crippen molar-refractivity contribution in [3.05, 3.63) is 74.8 Å². The quantitative estimate of drug-likeness (QED) is 0.490. The van der Waals surface area contributed by atoms with Crippen LogP contribution in [0.2, 0.25) is 0 Å². The van der Waals surface area contributed by atoms with Gasteiger partial charge in [0, 0.05) is 18.5 Å². The second-order valence-electron chi connectivity index (χ2n) is 6.34. The third-order valence-corrected chi connectivity index (χ3v) is 4.57. The van der Waals surface area contributed by atoms with E-state index in [1.165, 1.54) is 16.7 Å². The fourth-order valence-corrected chi connectivity index (χ4v) is 3.05. The molecule has 0 aliphatic rings. The smallest absolute Gasteiger partial charge is 0.345 e. The van der Waals surface area contributed by atoms with E-state index in [9.17, 15) is 22.8 Å². The Hall–Kier alpha value is -3.38. The molecule has 154 valence electrons. The first kappa shape index (κ1) is 21.3. The van der Waals surface area contributed by atoms with Gasteiger partial charge in [-0.3, -0.25) is 14.2 Å². The first-order valence-electron chi connectivity index (χ1n) is 8.90. The lowest BCUT2D eigenvalue weighted by Gasteiger charge is -2.08. The molecule has 0 bridgehead atoms. The number of amides is 1. The van der Waals surface area contributed by atoms with Gasteiger partial charge in [0.2, 0.25) is 5.91 Å². The number of benzene rings is 2. The minimum Gasteiger partial charge on any atom is -0.345 e. The van der Waals surface area contributed by atoms with Crippen LogP contribution in [0.3, 0.4) is 0 Å². The maximum atomic E-state index is 12.7. The lowest BCUT2D eigenvalue weighted by molar-refractivity contribution is -0.137. The van der Waals surface area contributed by atoms with Gasteiger partial charge < -0.3 is 10.3 Å². The van der Waals surface area contributed by atoms with Crippen LogP contribution in [0.1, 0.15) is 17.5 Å². The van der Waals surface area contributed by atoms with E-state index >= 15 is 0 Å². The number of nitrogens with one attached hydrogen (secondary N) is 2. The molecule has 0 atom stereocenters. The van der Waals surface area contributed by atoms with Crippen LogP contribution in [0.4, 0.5) is 13.2 Å². The highest BCUT2D eigenvalue weighted by Gasteiger charge is 2.30. The van der Waals surface area contributed by atoms with E-state index in [-0.39, 0.29) is 41.3 Å². The predicted molar refractivity (Wildman–Crippen MR) is 109 cm³/mol. The molecule has 2 N–H and O–H groups in total. The van der Waals surface area contributed by atoms with Crippen molar-refractivity contribution in [1.82, 2.24) is 14.9 Å². The molecular formula is C21H16F3N3O2S. The van der Waals surface area contributed by atoms with Crippen molar-refractivity contribution in [3.8, 4) is 11.8 Å². The summed E-state index contributed by atoms with van der Waals surface area (Å²) in [6, 6.07) is 11.6. The molecule has 2 aromatic carbocycles. The monoisotopic (exact) mass is 431 g/mol. The second-order valence-corrected chi connectivity index (χ2v) is 6.73. The van der Waals surface area contributed by atoms with Crippen molar-refractivity contribution in [2.45, 2.75) is 19.1 Å². The summed E-state index contributed by atoms with van der Waals surface area (Å²) < 4.78 is 39.6. The number of para-hydroxylation sites is 1. The van der Waals surface area contributed by atoms with Crippen LogP contribution in [0.5, 0.6) is 0 Å². The first-order chi connectivity index (χ1) is 14.3. The van der Waals surface area contributed by atoms with Gasteiger partial charge in [-0.25, -0.2) is 0 Å². The number of aromatic nitrogens is 2. The normalized spacial score (nSPS) is 11.0. The molecule has 0 aliphatic carbocycles. The Morgan fingerprint density at radius 3 is 2.70 bits per heavy atom. The van der Waals surface area contributed by atoms with Crippen LogP contribution < -0.4 is 10.9 Å². The average Bonchev–Trinajstić information content (AvgIpc) is 2.70. The van der Waals surface area contributed by atoms with E-state index in [0.29, 0.717) is 10.9 Å². The molecular weight excluding hydrogens is 415 g/mol. The fourth-order valence-electron chi connectivity index (χ4n) is 2.77. The van der Waals surface area contributed by atoms with Crippen LogP contribution >= 0.6 is 12.2 Å². The van der Waals surface area contributed by atoms with Crippen molar-refractivity contribution in [2.24, 2.45) is 0 Å². The Morgan fingerprint density at radius 2 is 1.93 bits per heavy atom. The second kappa shape index (κ2) is 8.97. The third kappa shape index (κ3) is 5.15. The zero-order valence-corrected chi connectivity index (χ0v) is 16.4. The number of alkyl halides is 3. The number of hydrogen-bond acceptors (Lipinski definition) is 3. The molecule has 0 saturated heterocycles. The number of carbonyl (C=O) groups is 1. The first-order valence-corrected chi connectivity index (χ1v) is 9.31. The molecule has 3 rings (SSSR count). The Labute approximate surface area is 174 Å². The summed E-state index contributed by atoms with van der Waals surface area (Å²) in [5, 5.41) is 3.02. The summed E-state index contributed by atoms with van der Waals surface area (Å²) in [6.45, 7) is 0.0560. The Balaban J connectivity index is 1.58. The van der Waals surface area contributed by atoms with Crippen LogP contribution in [-0.4, -0.2) is 22.0 Å². The number of halogens is 3. The van der Waals surface area contributed by atoms with Gasteiger partial charge in [-0.1, -0.05) is 30.0 Å². The number of hydrogen-bond donors (Lipinski definition) is 2. The Kier molecular flexibility index (Phi) is 6.37. The van der Waals surface area contributed by atoms with E-state index in [4.69, 9.17) is 12.2 Å². The topological polar surface area (TPSA) is 66.9 Å². The van der Waals surface area contributed by atoms with Crippen molar-refractivity contribution < 1.29 is 18.0 Å². The number of fused-ring (bicyclic) bond motifs is 1. The van der Waals surface area contributed by atoms with Crippen molar-refractivity contribution in [3.63, 3.8) is 0 Å². The van der Waals surface area contributed by atoms with E-state index in [2.05, 4.69) is 22.1 Å². The molecule has 0 fully saturated rings. The van der Waals surface area contributed by atoms with Gasteiger partial charge in [-0.2, -0.15) is 13.2 Å². The maximum absolute atomic E-state index is 12.7. The number of nitrogens with zero attached hydrogens (tertiary/aromatic N) is 1. The van der Waals surface area contributed by atoms with E-state index < -0.39 is 11.7 Å². The highest BCUT2D eigenvalue weighted by molar-refractivity contribution is 7.71. The van der Waals surface area contributed by atoms with E-state index in [1.54, 1.807) is 24.3 Å². The summed E-state index contributed by atoms with van der Waals surface area (Å²) in [7, 11) is 0. The van der Waals surface area contributed by atoms with Crippen LogP contribution in [0, 0.1) is 16.6 Å². The summed E-state index contributed by atoms with van der Waals surface area (Å²) in [4.78, 5) is 27.5. The molecule has 5 nitrogen and oxygen atoms in total. The third-order valence-electron chi connectivity index (χ3n) is 4.25. The number of aromatic amines is 1. The Bertz CT molecular complexity index is 1270. The highest BCUT2D eigenvalue weighted by atomic mass is 32.1. The van der Waals surface area contributed by atoms with Crippen LogP contribution in [0.25, 0.3) is 10.9 Å². The van der Waals surface area contributed by atoms with Crippen LogP contribution in [-0.2, 0) is 17.5 Å². The van der Waals surface area contributed by atoms with Gasteiger partial charge in [-0.15, -0.1) is 0 Å². The number of H-pyrrole nitrogens is 1. The summed E-state index contributed by atoms with van der Waals surface area (Å²) in [5.41, 5.74) is -0.242. The Morgan fingerprint density at radius 1 is 1.17 bits per heavy atom. The molecule has 0 radical (unpaired) electrons. The molecule has 1 heterocycles. The molecule has 0 aliphatic heterocycles. The van der Waals surface area contributed by atoms with Crippen LogP contribution in [0.15, 0.2) is 53.3 Å². The molecule has 0 saturated carbocycles. The van der Waals surface area contributed by atoms with Gasteiger partial charge >= 0.3 is 6.18 Å². The molecule has 0 unspecified atom stereocenters. The van der Waals surface area contributed by atoms with E-state index in [0.717, 1.165) is 12.1 Å². The van der Waals surface area contributed by atoms with Gasteiger partial charge in [0.05, 0.1) is 23.0 Å². The molecule has 3 aromatic rings. The van der Waals surface area contributed by atoms with Crippen molar-refractivity contribution in [1.29, 1.82) is 0 Å². The minimum atomic E-state index is -4.44. The van der Waals surface area contributed by atoms with Crippen molar-refractivity contribution >= 4 is 29.0 Å². The number of carbonyl (C=O) groups excluding carboxylic acids is 1. The van der Waals surface area contributed by atoms with Gasteiger partial charge in [0.15, 0.2) is 4.77 Å².